The number of nitrogens with one attached hydrogen (secondary N) is 1. The standard InChI is InChI=1S/C33H25FN6O4S2/c1-18-15-19(2)36-32(35-18)45-26-14-9-21(16-25(26)40(43)44)17-27-31(42)39-29(22-10-12-23(34)13-11-22)28(20(3)37-33(39)46-27)30(41)38-24-7-5-4-6-8-24/h4-17,29H,1-3H3,(H,38,41)/b27-17+/t29-/m0/s1. The predicted molar refractivity (Wildman–Crippen MR) is 174 cm³/mol. The molecule has 0 fully saturated rings. The second-order valence-electron chi connectivity index (χ2n) is 10.5. The van der Waals surface area contributed by atoms with E-state index in [2.05, 4.69) is 20.3 Å². The molecule has 3 heterocycles. The molecule has 1 aliphatic heterocycles. The highest BCUT2D eigenvalue weighted by atomic mass is 32.2. The number of allylic oxidation sites excluding steroid dienone is 1. The van der Waals surface area contributed by atoms with Crippen molar-refractivity contribution >= 4 is 46.5 Å². The van der Waals surface area contributed by atoms with Gasteiger partial charge in [0.1, 0.15) is 5.82 Å². The molecule has 46 heavy (non-hydrogen) atoms. The summed E-state index contributed by atoms with van der Waals surface area (Å²) in [5.74, 6) is -0.910. The Labute approximate surface area is 269 Å². The maximum atomic E-state index is 14.0. The summed E-state index contributed by atoms with van der Waals surface area (Å²) < 4.78 is 15.6. The highest BCUT2D eigenvalue weighted by molar-refractivity contribution is 7.99. The average molecular weight is 653 g/mol. The molecule has 1 atom stereocenters. The van der Waals surface area contributed by atoms with Gasteiger partial charge in [-0.2, -0.15) is 0 Å². The quantitative estimate of drug-likeness (QED) is 0.140. The van der Waals surface area contributed by atoms with Gasteiger partial charge in [-0.05, 0) is 86.1 Å². The lowest BCUT2D eigenvalue weighted by molar-refractivity contribution is -0.387. The fraction of sp³-hybridized carbons (Fsp3) is 0.121. The van der Waals surface area contributed by atoms with Crippen LogP contribution in [-0.4, -0.2) is 25.4 Å². The van der Waals surface area contributed by atoms with Gasteiger partial charge in [0.2, 0.25) is 0 Å². The number of benzene rings is 3. The van der Waals surface area contributed by atoms with E-state index in [-0.39, 0.29) is 15.8 Å². The van der Waals surface area contributed by atoms with E-state index in [9.17, 15) is 24.1 Å². The molecule has 0 bridgehead atoms. The highest BCUT2D eigenvalue weighted by Gasteiger charge is 2.32. The summed E-state index contributed by atoms with van der Waals surface area (Å²) in [7, 11) is 0. The zero-order valence-electron chi connectivity index (χ0n) is 24.7. The Kier molecular flexibility index (Phi) is 8.43. The number of fused-ring (bicyclic) bond motifs is 1. The molecule has 1 N–H and O–H groups in total. The summed E-state index contributed by atoms with van der Waals surface area (Å²) in [4.78, 5) is 53.3. The fourth-order valence-electron chi connectivity index (χ4n) is 5.13. The van der Waals surface area contributed by atoms with E-state index in [0.717, 1.165) is 34.5 Å². The maximum Gasteiger partial charge on any atom is 0.283 e. The number of carbonyl (C=O) groups is 1. The predicted octanol–water partition coefficient (Wildman–Crippen LogP) is 5.48. The molecule has 0 saturated carbocycles. The number of nitro groups is 1. The van der Waals surface area contributed by atoms with Crippen molar-refractivity contribution in [2.75, 3.05) is 5.32 Å². The van der Waals surface area contributed by atoms with Crippen molar-refractivity contribution in [3.8, 4) is 0 Å². The molecule has 0 spiro atoms. The summed E-state index contributed by atoms with van der Waals surface area (Å²) in [6, 6.07) is 20.1. The minimum Gasteiger partial charge on any atom is -0.322 e. The lowest BCUT2D eigenvalue weighted by atomic mass is 9.95. The molecule has 0 saturated heterocycles. The minimum atomic E-state index is -0.895. The molecule has 0 radical (unpaired) electrons. The molecule has 0 aliphatic carbocycles. The van der Waals surface area contributed by atoms with Crippen LogP contribution in [0.15, 0.2) is 110 Å². The average Bonchev–Trinajstić information content (AvgIpc) is 3.31. The van der Waals surface area contributed by atoms with Crippen LogP contribution in [0.3, 0.4) is 0 Å². The van der Waals surface area contributed by atoms with Gasteiger partial charge < -0.3 is 5.32 Å². The summed E-state index contributed by atoms with van der Waals surface area (Å²) in [5, 5.41) is 15.3. The number of nitrogens with zero attached hydrogens (tertiary/aromatic N) is 5. The number of rotatable bonds is 7. The summed E-state index contributed by atoms with van der Waals surface area (Å²) in [5.41, 5.74) is 3.05. The van der Waals surface area contributed by atoms with Crippen molar-refractivity contribution in [1.82, 2.24) is 14.5 Å². The lowest BCUT2D eigenvalue weighted by Gasteiger charge is -2.25. The molecular formula is C33H25FN6O4S2. The molecule has 2 aromatic heterocycles. The van der Waals surface area contributed by atoms with Gasteiger partial charge >= 0.3 is 0 Å². The summed E-state index contributed by atoms with van der Waals surface area (Å²) in [6.07, 6.45) is 1.56. The number of amides is 1. The minimum absolute atomic E-state index is 0.158. The molecule has 1 amide bonds. The van der Waals surface area contributed by atoms with Crippen molar-refractivity contribution in [3.05, 3.63) is 148 Å². The van der Waals surface area contributed by atoms with Gasteiger partial charge in [-0.15, -0.1) is 0 Å². The number of thiazole rings is 1. The normalized spacial score (nSPS) is 14.5. The molecular weight excluding hydrogens is 628 g/mol. The molecule has 10 nitrogen and oxygen atoms in total. The first-order valence-electron chi connectivity index (χ1n) is 14.0. The Morgan fingerprint density at radius 3 is 2.39 bits per heavy atom. The number of anilines is 1. The molecule has 13 heteroatoms. The van der Waals surface area contributed by atoms with Crippen LogP contribution in [0.2, 0.25) is 0 Å². The number of hydrogen-bond donors (Lipinski definition) is 1. The van der Waals surface area contributed by atoms with Gasteiger partial charge in [0, 0.05) is 23.1 Å². The van der Waals surface area contributed by atoms with Crippen molar-refractivity contribution in [3.63, 3.8) is 0 Å². The van der Waals surface area contributed by atoms with E-state index >= 15 is 0 Å². The number of aryl methyl sites for hydroxylation is 2. The van der Waals surface area contributed by atoms with Gasteiger partial charge in [-0.25, -0.2) is 19.4 Å². The molecule has 0 unspecified atom stereocenters. The van der Waals surface area contributed by atoms with E-state index in [0.29, 0.717) is 37.4 Å². The second-order valence-corrected chi connectivity index (χ2v) is 12.5. The van der Waals surface area contributed by atoms with E-state index in [4.69, 9.17) is 0 Å². The van der Waals surface area contributed by atoms with Crippen molar-refractivity contribution in [2.24, 2.45) is 4.99 Å². The Balaban J connectivity index is 1.43. The van der Waals surface area contributed by atoms with Crippen LogP contribution >= 0.6 is 23.1 Å². The second kappa shape index (κ2) is 12.6. The van der Waals surface area contributed by atoms with Crippen molar-refractivity contribution < 1.29 is 14.1 Å². The molecule has 3 aromatic carbocycles. The molecule has 1 aliphatic rings. The number of hydrogen-bond acceptors (Lipinski definition) is 9. The number of nitro benzene ring substituents is 1. The van der Waals surface area contributed by atoms with E-state index in [1.807, 2.05) is 26.0 Å². The number of para-hydroxylation sites is 1. The Morgan fingerprint density at radius 1 is 1.02 bits per heavy atom. The van der Waals surface area contributed by atoms with Gasteiger partial charge in [0.05, 0.1) is 31.7 Å². The first kappa shape index (κ1) is 30.7. The Morgan fingerprint density at radius 2 is 1.72 bits per heavy atom. The van der Waals surface area contributed by atoms with Crippen LogP contribution in [-0.2, 0) is 4.79 Å². The van der Waals surface area contributed by atoms with Gasteiger partial charge in [0.25, 0.3) is 17.2 Å². The van der Waals surface area contributed by atoms with Crippen molar-refractivity contribution in [1.29, 1.82) is 0 Å². The third-order valence-corrected chi connectivity index (χ3v) is 9.04. The topological polar surface area (TPSA) is 132 Å². The molecule has 5 aromatic rings. The summed E-state index contributed by atoms with van der Waals surface area (Å²) in [6.45, 7) is 5.34. The molecule has 230 valence electrons. The van der Waals surface area contributed by atoms with Crippen LogP contribution in [0.5, 0.6) is 0 Å². The van der Waals surface area contributed by atoms with E-state index < -0.39 is 28.2 Å². The highest BCUT2D eigenvalue weighted by Crippen LogP contribution is 2.34. The SMILES string of the molecule is CC1=C(C(=O)Nc2ccccc2)[C@H](c2ccc(F)cc2)n2c(s/c(=C/c3ccc(Sc4nc(C)cc(C)n4)c([N+](=O)[O-])c3)c2=O)=N1. The van der Waals surface area contributed by atoms with Crippen LogP contribution < -0.4 is 20.2 Å². The zero-order chi connectivity index (χ0) is 32.5. The van der Waals surface area contributed by atoms with Crippen molar-refractivity contribution in [2.45, 2.75) is 36.9 Å². The van der Waals surface area contributed by atoms with E-state index in [1.165, 1.54) is 34.9 Å². The van der Waals surface area contributed by atoms with Gasteiger partial charge in [-0.1, -0.05) is 47.7 Å². The van der Waals surface area contributed by atoms with Gasteiger partial charge in [-0.3, -0.25) is 24.3 Å². The van der Waals surface area contributed by atoms with Crippen LogP contribution in [0.4, 0.5) is 15.8 Å². The van der Waals surface area contributed by atoms with Gasteiger partial charge in [0.15, 0.2) is 9.96 Å². The first-order chi connectivity index (χ1) is 22.1. The third kappa shape index (κ3) is 6.28. The fourth-order valence-corrected chi connectivity index (χ4v) is 7.13. The maximum absolute atomic E-state index is 14.0. The van der Waals surface area contributed by atoms with Crippen LogP contribution in [0.25, 0.3) is 6.08 Å². The lowest BCUT2D eigenvalue weighted by Crippen LogP contribution is -2.40. The zero-order valence-corrected chi connectivity index (χ0v) is 26.4. The number of aromatic nitrogens is 3. The Hall–Kier alpha value is -5.27. The molecule has 6 rings (SSSR count). The Bertz CT molecular complexity index is 2210. The number of carbonyl (C=O) groups excluding carboxylic acids is 1. The summed E-state index contributed by atoms with van der Waals surface area (Å²) >= 11 is 2.18. The van der Waals surface area contributed by atoms with E-state index in [1.54, 1.807) is 49.4 Å². The van der Waals surface area contributed by atoms with Crippen LogP contribution in [0, 0.1) is 29.8 Å². The third-order valence-electron chi connectivity index (χ3n) is 7.12. The monoisotopic (exact) mass is 652 g/mol. The van der Waals surface area contributed by atoms with Crippen LogP contribution in [0.1, 0.15) is 35.5 Å². The largest absolute Gasteiger partial charge is 0.322 e. The first-order valence-corrected chi connectivity index (χ1v) is 15.6. The smallest absolute Gasteiger partial charge is 0.283 e. The number of halogens is 1.